The summed E-state index contributed by atoms with van der Waals surface area (Å²) in [6.45, 7) is 1.99. The van der Waals surface area contributed by atoms with Gasteiger partial charge in [-0.2, -0.15) is 0 Å². The van der Waals surface area contributed by atoms with E-state index in [1.54, 1.807) is 0 Å². The molecule has 0 aliphatic rings. The molecule has 2 unspecified atom stereocenters. The lowest BCUT2D eigenvalue weighted by molar-refractivity contribution is 0.203. The molecule has 0 aliphatic heterocycles. The van der Waals surface area contributed by atoms with E-state index in [-0.39, 0.29) is 5.75 Å². The minimum atomic E-state index is -1.17. The molecular weight excluding hydrogens is 244 g/mol. The average molecular weight is 260 g/mol. The topological polar surface area (TPSA) is 37.3 Å². The predicted octanol–water partition coefficient (Wildman–Crippen LogP) is 2.84. The fourth-order valence-corrected chi connectivity index (χ4v) is 2.81. The standard InChI is InChI=1S/C15H16O2S/c1-12-7-9-14(10-8-12)18(17)11-15(16)13-5-3-2-4-6-13/h2-10,15-16H,11H2,1H3. The Morgan fingerprint density at radius 2 is 1.67 bits per heavy atom. The van der Waals surface area contributed by atoms with E-state index < -0.39 is 16.9 Å². The van der Waals surface area contributed by atoms with Crippen LogP contribution in [0.5, 0.6) is 0 Å². The molecule has 0 heterocycles. The molecule has 2 rings (SSSR count). The predicted molar refractivity (Wildman–Crippen MR) is 73.9 cm³/mol. The normalized spacial score (nSPS) is 14.1. The first-order valence-electron chi connectivity index (χ1n) is 5.85. The summed E-state index contributed by atoms with van der Waals surface area (Å²) in [6.07, 6.45) is -0.687. The minimum absolute atomic E-state index is 0.229. The highest BCUT2D eigenvalue weighted by Gasteiger charge is 2.12. The Balaban J connectivity index is 2.06. The number of hydrogen-bond acceptors (Lipinski definition) is 2. The summed E-state index contributed by atoms with van der Waals surface area (Å²) in [4.78, 5) is 0.760. The fraction of sp³-hybridized carbons (Fsp3) is 0.200. The van der Waals surface area contributed by atoms with Crippen molar-refractivity contribution in [3.63, 3.8) is 0 Å². The van der Waals surface area contributed by atoms with Crippen molar-refractivity contribution < 1.29 is 9.32 Å². The monoisotopic (exact) mass is 260 g/mol. The van der Waals surface area contributed by atoms with Gasteiger partial charge in [-0.15, -0.1) is 0 Å². The largest absolute Gasteiger partial charge is 0.387 e. The number of benzene rings is 2. The summed E-state index contributed by atoms with van der Waals surface area (Å²) >= 11 is 0. The summed E-state index contributed by atoms with van der Waals surface area (Å²) in [5, 5.41) is 10.0. The molecule has 18 heavy (non-hydrogen) atoms. The molecule has 1 N–H and O–H groups in total. The second-order valence-corrected chi connectivity index (χ2v) is 5.75. The van der Waals surface area contributed by atoms with Gasteiger partial charge in [0.25, 0.3) is 0 Å². The Morgan fingerprint density at radius 1 is 1.06 bits per heavy atom. The minimum Gasteiger partial charge on any atom is -0.387 e. The second-order valence-electron chi connectivity index (χ2n) is 4.25. The van der Waals surface area contributed by atoms with Gasteiger partial charge in [-0.05, 0) is 24.6 Å². The summed E-state index contributed by atoms with van der Waals surface area (Å²) < 4.78 is 12.1. The van der Waals surface area contributed by atoms with E-state index in [0.717, 1.165) is 16.0 Å². The summed E-state index contributed by atoms with van der Waals surface area (Å²) in [5.74, 6) is 0.229. The molecule has 3 heteroatoms. The van der Waals surface area contributed by atoms with Crippen LogP contribution in [0.15, 0.2) is 59.5 Å². The van der Waals surface area contributed by atoms with Crippen molar-refractivity contribution >= 4 is 10.8 Å². The molecule has 0 saturated heterocycles. The highest BCUT2D eigenvalue weighted by atomic mass is 32.2. The maximum Gasteiger partial charge on any atom is 0.0908 e. The van der Waals surface area contributed by atoms with Gasteiger partial charge in [0.15, 0.2) is 0 Å². The number of aryl methyl sites for hydroxylation is 1. The molecule has 94 valence electrons. The van der Waals surface area contributed by atoms with Gasteiger partial charge in [-0.1, -0.05) is 48.0 Å². The molecule has 0 aromatic heterocycles. The third-order valence-corrected chi connectivity index (χ3v) is 4.19. The Hall–Kier alpha value is -1.45. The molecule has 0 saturated carbocycles. The first kappa shape index (κ1) is 13.0. The highest BCUT2D eigenvalue weighted by molar-refractivity contribution is 7.85. The van der Waals surface area contributed by atoms with Crippen molar-refractivity contribution in [3.8, 4) is 0 Å². The Bertz CT molecular complexity index is 520. The smallest absolute Gasteiger partial charge is 0.0908 e. The zero-order valence-electron chi connectivity index (χ0n) is 10.2. The fourth-order valence-electron chi connectivity index (χ4n) is 1.70. The molecule has 0 radical (unpaired) electrons. The first-order chi connectivity index (χ1) is 8.66. The van der Waals surface area contributed by atoms with Crippen molar-refractivity contribution in [3.05, 3.63) is 65.7 Å². The van der Waals surface area contributed by atoms with E-state index in [4.69, 9.17) is 0 Å². The van der Waals surface area contributed by atoms with E-state index in [1.165, 1.54) is 0 Å². The number of rotatable bonds is 4. The lowest BCUT2D eigenvalue weighted by atomic mass is 10.1. The van der Waals surface area contributed by atoms with E-state index in [2.05, 4.69) is 0 Å². The van der Waals surface area contributed by atoms with Crippen LogP contribution in [0.25, 0.3) is 0 Å². The molecular formula is C15H16O2S. The maximum atomic E-state index is 12.1. The van der Waals surface area contributed by atoms with Gasteiger partial charge in [-0.3, -0.25) is 4.21 Å². The van der Waals surface area contributed by atoms with E-state index in [9.17, 15) is 9.32 Å². The maximum absolute atomic E-state index is 12.1. The second kappa shape index (κ2) is 5.94. The molecule has 2 aromatic rings. The number of aliphatic hydroxyl groups excluding tert-OH is 1. The van der Waals surface area contributed by atoms with Crippen LogP contribution in [0, 0.1) is 6.92 Å². The van der Waals surface area contributed by atoms with Gasteiger partial charge < -0.3 is 5.11 Å². The van der Waals surface area contributed by atoms with Crippen molar-refractivity contribution in [2.24, 2.45) is 0 Å². The molecule has 2 aromatic carbocycles. The van der Waals surface area contributed by atoms with Crippen molar-refractivity contribution in [2.75, 3.05) is 5.75 Å². The number of aliphatic hydroxyl groups is 1. The lowest BCUT2D eigenvalue weighted by Gasteiger charge is -2.10. The van der Waals surface area contributed by atoms with Crippen LogP contribution in [-0.2, 0) is 10.8 Å². The Morgan fingerprint density at radius 3 is 2.28 bits per heavy atom. The zero-order chi connectivity index (χ0) is 13.0. The summed E-state index contributed by atoms with van der Waals surface area (Å²) in [7, 11) is -1.17. The molecule has 0 bridgehead atoms. The van der Waals surface area contributed by atoms with Crippen LogP contribution in [0.2, 0.25) is 0 Å². The Kier molecular flexibility index (Phi) is 4.28. The van der Waals surface area contributed by atoms with Crippen molar-refractivity contribution in [2.45, 2.75) is 17.9 Å². The van der Waals surface area contributed by atoms with E-state index >= 15 is 0 Å². The molecule has 0 amide bonds. The van der Waals surface area contributed by atoms with Gasteiger partial charge >= 0.3 is 0 Å². The van der Waals surface area contributed by atoms with Crippen molar-refractivity contribution in [1.82, 2.24) is 0 Å². The van der Waals surface area contributed by atoms with Crippen molar-refractivity contribution in [1.29, 1.82) is 0 Å². The number of hydrogen-bond donors (Lipinski definition) is 1. The molecule has 2 nitrogen and oxygen atoms in total. The van der Waals surface area contributed by atoms with Gasteiger partial charge in [0.2, 0.25) is 0 Å². The van der Waals surface area contributed by atoms with Crippen LogP contribution in [0.1, 0.15) is 17.2 Å². The first-order valence-corrected chi connectivity index (χ1v) is 7.17. The Labute approximate surface area is 110 Å². The average Bonchev–Trinajstić information content (AvgIpc) is 2.40. The molecule has 2 atom stereocenters. The zero-order valence-corrected chi connectivity index (χ0v) is 11.1. The van der Waals surface area contributed by atoms with Crippen LogP contribution < -0.4 is 0 Å². The molecule has 0 aliphatic carbocycles. The third kappa shape index (κ3) is 3.28. The van der Waals surface area contributed by atoms with E-state index in [0.29, 0.717) is 0 Å². The summed E-state index contributed by atoms with van der Waals surface area (Å²) in [5.41, 5.74) is 1.94. The highest BCUT2D eigenvalue weighted by Crippen LogP contribution is 2.17. The van der Waals surface area contributed by atoms with Gasteiger partial charge in [0, 0.05) is 4.90 Å². The SMILES string of the molecule is Cc1ccc(S(=O)CC(O)c2ccccc2)cc1. The third-order valence-electron chi connectivity index (χ3n) is 2.78. The van der Waals surface area contributed by atoms with Crippen LogP contribution in [0.3, 0.4) is 0 Å². The quantitative estimate of drug-likeness (QED) is 0.918. The van der Waals surface area contributed by atoms with Crippen LogP contribution >= 0.6 is 0 Å². The van der Waals surface area contributed by atoms with Crippen LogP contribution in [0.4, 0.5) is 0 Å². The summed E-state index contributed by atoms with van der Waals surface area (Å²) in [6, 6.07) is 16.9. The van der Waals surface area contributed by atoms with Crippen LogP contribution in [-0.4, -0.2) is 15.1 Å². The van der Waals surface area contributed by atoms with E-state index in [1.807, 2.05) is 61.5 Å². The molecule has 0 fully saturated rings. The lowest BCUT2D eigenvalue weighted by Crippen LogP contribution is -2.09. The van der Waals surface area contributed by atoms with Gasteiger partial charge in [0.05, 0.1) is 22.7 Å². The van der Waals surface area contributed by atoms with Gasteiger partial charge in [-0.25, -0.2) is 0 Å². The molecule has 0 spiro atoms. The van der Waals surface area contributed by atoms with Gasteiger partial charge in [0.1, 0.15) is 0 Å².